The lowest BCUT2D eigenvalue weighted by Gasteiger charge is -2.11. The summed E-state index contributed by atoms with van der Waals surface area (Å²) < 4.78 is 16.6. The van der Waals surface area contributed by atoms with Crippen LogP contribution in [0.25, 0.3) is 11.3 Å². The van der Waals surface area contributed by atoms with Crippen molar-refractivity contribution in [3.05, 3.63) is 66.5 Å². The van der Waals surface area contributed by atoms with Gasteiger partial charge in [-0.2, -0.15) is 0 Å². The molecule has 0 saturated carbocycles. The van der Waals surface area contributed by atoms with Crippen LogP contribution in [-0.4, -0.2) is 42.2 Å². The lowest BCUT2D eigenvalue weighted by Crippen LogP contribution is -2.31. The first-order valence-corrected chi connectivity index (χ1v) is 9.85. The van der Waals surface area contributed by atoms with E-state index in [4.69, 9.17) is 14.2 Å². The van der Waals surface area contributed by atoms with Crippen molar-refractivity contribution < 1.29 is 19.0 Å². The highest BCUT2D eigenvalue weighted by atomic mass is 16.5. The Morgan fingerprint density at radius 3 is 2.73 bits per heavy atom. The molecule has 2 heterocycles. The van der Waals surface area contributed by atoms with E-state index in [2.05, 4.69) is 15.3 Å². The third-order valence-corrected chi connectivity index (χ3v) is 4.86. The maximum absolute atomic E-state index is 12.3. The lowest BCUT2D eigenvalue weighted by molar-refractivity contribution is 0.0858. The molecule has 0 radical (unpaired) electrons. The average Bonchev–Trinajstić information content (AvgIpc) is 3.32. The van der Waals surface area contributed by atoms with E-state index in [1.807, 2.05) is 30.3 Å². The molecule has 1 amide bonds. The molecular formula is C23H23N3O4. The molecular weight excluding hydrogens is 382 g/mol. The second kappa shape index (κ2) is 9.37. The van der Waals surface area contributed by atoms with Gasteiger partial charge in [0.05, 0.1) is 18.9 Å². The van der Waals surface area contributed by atoms with Gasteiger partial charge in [-0.3, -0.25) is 4.79 Å². The second-order valence-electron chi connectivity index (χ2n) is 6.94. The van der Waals surface area contributed by atoms with Gasteiger partial charge in [-0.05, 0) is 37.1 Å². The van der Waals surface area contributed by atoms with Gasteiger partial charge in [0.2, 0.25) is 5.88 Å². The number of ether oxygens (including phenoxy) is 3. The highest BCUT2D eigenvalue weighted by molar-refractivity contribution is 5.94. The third-order valence-electron chi connectivity index (χ3n) is 4.86. The molecule has 7 heteroatoms. The minimum absolute atomic E-state index is 0.109. The fraction of sp³-hybridized carbons (Fsp3) is 0.261. The van der Waals surface area contributed by atoms with Gasteiger partial charge < -0.3 is 19.5 Å². The number of rotatable bonds is 7. The van der Waals surface area contributed by atoms with Crippen LogP contribution in [0.1, 0.15) is 23.2 Å². The Balaban J connectivity index is 1.42. The van der Waals surface area contributed by atoms with Crippen LogP contribution in [0.15, 0.2) is 60.9 Å². The first kappa shape index (κ1) is 19.8. The summed E-state index contributed by atoms with van der Waals surface area (Å²) in [7, 11) is 1.61. The van der Waals surface area contributed by atoms with E-state index >= 15 is 0 Å². The average molecular weight is 405 g/mol. The van der Waals surface area contributed by atoms with Crippen LogP contribution >= 0.6 is 0 Å². The number of benzene rings is 2. The second-order valence-corrected chi connectivity index (χ2v) is 6.94. The van der Waals surface area contributed by atoms with Crippen molar-refractivity contribution in [1.82, 2.24) is 15.3 Å². The van der Waals surface area contributed by atoms with E-state index in [-0.39, 0.29) is 12.0 Å². The molecule has 3 aromatic rings. The summed E-state index contributed by atoms with van der Waals surface area (Å²) >= 11 is 0. The number of aromatic nitrogens is 2. The fourth-order valence-electron chi connectivity index (χ4n) is 3.24. The monoisotopic (exact) mass is 405 g/mol. The number of methoxy groups -OCH3 is 1. The fourth-order valence-corrected chi connectivity index (χ4v) is 3.24. The normalized spacial score (nSPS) is 15.6. The number of hydrogen-bond donors (Lipinski definition) is 1. The maximum Gasteiger partial charge on any atom is 0.251 e. The molecule has 0 spiro atoms. The molecule has 1 fully saturated rings. The Labute approximate surface area is 175 Å². The van der Waals surface area contributed by atoms with Crippen LogP contribution in [0, 0.1) is 0 Å². The predicted octanol–water partition coefficient (Wildman–Crippen LogP) is 3.85. The summed E-state index contributed by atoms with van der Waals surface area (Å²) in [5.41, 5.74) is 2.16. The molecule has 0 bridgehead atoms. The van der Waals surface area contributed by atoms with Gasteiger partial charge in [0, 0.05) is 36.4 Å². The molecule has 1 atom stereocenters. The van der Waals surface area contributed by atoms with Crippen LogP contribution in [0.5, 0.6) is 17.4 Å². The lowest BCUT2D eigenvalue weighted by atomic mass is 10.1. The molecule has 1 aromatic heterocycles. The zero-order chi connectivity index (χ0) is 20.8. The third kappa shape index (κ3) is 4.93. The number of nitrogens with one attached hydrogen (secondary N) is 1. The highest BCUT2D eigenvalue weighted by Gasteiger charge is 2.16. The molecule has 30 heavy (non-hydrogen) atoms. The van der Waals surface area contributed by atoms with E-state index in [1.54, 1.807) is 31.4 Å². The van der Waals surface area contributed by atoms with Crippen LogP contribution < -0.4 is 14.8 Å². The van der Waals surface area contributed by atoms with Gasteiger partial charge in [0.15, 0.2) is 0 Å². The van der Waals surface area contributed by atoms with Crippen molar-refractivity contribution in [2.45, 2.75) is 18.9 Å². The molecule has 154 valence electrons. The van der Waals surface area contributed by atoms with Gasteiger partial charge in [0.25, 0.3) is 5.91 Å². The largest absolute Gasteiger partial charge is 0.497 e. The van der Waals surface area contributed by atoms with Crippen molar-refractivity contribution in [2.24, 2.45) is 0 Å². The summed E-state index contributed by atoms with van der Waals surface area (Å²) in [5, 5.41) is 2.93. The van der Waals surface area contributed by atoms with Crippen molar-refractivity contribution >= 4 is 5.91 Å². The SMILES string of the molecule is COc1cccc(Oc2cc(-c3ccc(C(=O)NC[C@@H]4CCCO4)cc3)ncn2)c1. The van der Waals surface area contributed by atoms with E-state index in [0.717, 1.165) is 25.0 Å². The Bertz CT molecular complexity index is 1000. The molecule has 1 aliphatic heterocycles. The molecule has 4 rings (SSSR count). The number of carbonyl (C=O) groups is 1. The number of carbonyl (C=O) groups excluding carboxylic acids is 1. The number of amides is 1. The molecule has 2 aromatic carbocycles. The van der Waals surface area contributed by atoms with E-state index < -0.39 is 0 Å². The summed E-state index contributed by atoms with van der Waals surface area (Å²) in [5.74, 6) is 1.64. The van der Waals surface area contributed by atoms with Gasteiger partial charge in [-0.15, -0.1) is 0 Å². The van der Waals surface area contributed by atoms with Crippen molar-refractivity contribution in [3.8, 4) is 28.6 Å². The molecule has 7 nitrogen and oxygen atoms in total. The standard InChI is InChI=1S/C23H23N3O4/c1-28-18-4-2-5-19(12-18)30-22-13-21(25-15-26-22)16-7-9-17(10-8-16)23(27)24-14-20-6-3-11-29-20/h2,4-5,7-10,12-13,15,20H,3,6,11,14H2,1H3,(H,24,27)/t20-/m0/s1. The van der Waals surface area contributed by atoms with Crippen LogP contribution in [-0.2, 0) is 4.74 Å². The Hall–Kier alpha value is -3.45. The minimum atomic E-state index is -0.109. The zero-order valence-corrected chi connectivity index (χ0v) is 16.7. The maximum atomic E-state index is 12.3. The van der Waals surface area contributed by atoms with E-state index in [1.165, 1.54) is 6.33 Å². The van der Waals surface area contributed by atoms with E-state index in [0.29, 0.717) is 35.2 Å². The Morgan fingerprint density at radius 2 is 1.97 bits per heavy atom. The summed E-state index contributed by atoms with van der Waals surface area (Å²) in [6.45, 7) is 1.31. The molecule has 0 unspecified atom stereocenters. The number of nitrogens with zero attached hydrogens (tertiary/aromatic N) is 2. The van der Waals surface area contributed by atoms with Gasteiger partial charge in [-0.25, -0.2) is 9.97 Å². The smallest absolute Gasteiger partial charge is 0.251 e. The van der Waals surface area contributed by atoms with Crippen LogP contribution in [0.3, 0.4) is 0 Å². The summed E-state index contributed by atoms with van der Waals surface area (Å²) in [6.07, 6.45) is 3.62. The van der Waals surface area contributed by atoms with Crippen molar-refractivity contribution in [2.75, 3.05) is 20.3 Å². The quantitative estimate of drug-likeness (QED) is 0.643. The van der Waals surface area contributed by atoms with Gasteiger partial charge >= 0.3 is 0 Å². The predicted molar refractivity (Wildman–Crippen MR) is 112 cm³/mol. The Morgan fingerprint density at radius 1 is 1.13 bits per heavy atom. The van der Waals surface area contributed by atoms with Gasteiger partial charge in [0.1, 0.15) is 17.8 Å². The van der Waals surface area contributed by atoms with Crippen LogP contribution in [0.4, 0.5) is 0 Å². The van der Waals surface area contributed by atoms with Crippen LogP contribution in [0.2, 0.25) is 0 Å². The first-order chi connectivity index (χ1) is 14.7. The minimum Gasteiger partial charge on any atom is -0.497 e. The van der Waals surface area contributed by atoms with E-state index in [9.17, 15) is 4.79 Å². The molecule has 1 saturated heterocycles. The molecule has 0 aliphatic carbocycles. The van der Waals surface area contributed by atoms with Crippen molar-refractivity contribution in [1.29, 1.82) is 0 Å². The topological polar surface area (TPSA) is 82.6 Å². The highest BCUT2D eigenvalue weighted by Crippen LogP contribution is 2.26. The molecule has 1 aliphatic rings. The Kier molecular flexibility index (Phi) is 6.20. The summed E-state index contributed by atoms with van der Waals surface area (Å²) in [6, 6.07) is 16.3. The number of hydrogen-bond acceptors (Lipinski definition) is 6. The van der Waals surface area contributed by atoms with Gasteiger partial charge in [-0.1, -0.05) is 18.2 Å². The summed E-state index contributed by atoms with van der Waals surface area (Å²) in [4.78, 5) is 20.8. The van der Waals surface area contributed by atoms with Crippen molar-refractivity contribution in [3.63, 3.8) is 0 Å². The first-order valence-electron chi connectivity index (χ1n) is 9.85. The molecule has 1 N–H and O–H groups in total. The zero-order valence-electron chi connectivity index (χ0n) is 16.7.